The van der Waals surface area contributed by atoms with Crippen molar-refractivity contribution in [3.05, 3.63) is 60.6 Å². The van der Waals surface area contributed by atoms with Gasteiger partial charge in [0.25, 0.3) is 0 Å². The lowest BCUT2D eigenvalue weighted by Crippen LogP contribution is -2.46. The molecule has 214 valence electrons. The summed E-state index contributed by atoms with van der Waals surface area (Å²) >= 11 is 0. The predicted octanol–water partition coefficient (Wildman–Crippen LogP) is 4.07. The van der Waals surface area contributed by atoms with E-state index >= 15 is 0 Å². The molecule has 0 bridgehead atoms. The molecule has 6 N–H and O–H groups in total. The van der Waals surface area contributed by atoms with Crippen LogP contribution in [0.1, 0.15) is 26.3 Å². The summed E-state index contributed by atoms with van der Waals surface area (Å²) in [5.74, 6) is 1.05. The number of nitrogens with one attached hydrogen (secondary N) is 4. The Labute approximate surface area is 231 Å². The van der Waals surface area contributed by atoms with Crippen LogP contribution in [0.5, 0.6) is 5.75 Å². The number of ether oxygens (including phenoxy) is 3. The smallest absolute Gasteiger partial charge is 0.408 e. The third kappa shape index (κ3) is 9.51. The van der Waals surface area contributed by atoms with Crippen molar-refractivity contribution in [2.75, 3.05) is 30.9 Å². The van der Waals surface area contributed by atoms with Gasteiger partial charge >= 0.3 is 18.2 Å². The van der Waals surface area contributed by atoms with Gasteiger partial charge in [-0.15, -0.1) is 0 Å². The SMILES string of the molecule is COc1cc(NC(=O)Nc2cccc(CNC(=O)OC[C@@H](CN)NC(=O)OC(C)(C)C)c2)ccc1-c1cnco1. The largest absolute Gasteiger partial charge is 0.496 e. The Bertz CT molecular complexity index is 1290. The third-order valence-electron chi connectivity index (χ3n) is 5.20. The van der Waals surface area contributed by atoms with Crippen molar-refractivity contribution >= 4 is 29.6 Å². The van der Waals surface area contributed by atoms with Crippen LogP contribution in [0.25, 0.3) is 11.3 Å². The van der Waals surface area contributed by atoms with E-state index in [0.29, 0.717) is 28.4 Å². The van der Waals surface area contributed by atoms with Gasteiger partial charge in [-0.05, 0) is 50.6 Å². The van der Waals surface area contributed by atoms with Gasteiger partial charge in [0.05, 0.1) is 24.9 Å². The topological polar surface area (TPSA) is 179 Å². The van der Waals surface area contributed by atoms with Crippen LogP contribution in [0.15, 0.2) is 59.5 Å². The van der Waals surface area contributed by atoms with Crippen molar-refractivity contribution in [3.63, 3.8) is 0 Å². The predicted molar refractivity (Wildman–Crippen MR) is 148 cm³/mol. The molecule has 4 amide bonds. The molecule has 0 aliphatic carbocycles. The fourth-order valence-electron chi connectivity index (χ4n) is 3.42. The molecule has 1 heterocycles. The van der Waals surface area contributed by atoms with Gasteiger partial charge in [0.2, 0.25) is 0 Å². The van der Waals surface area contributed by atoms with Gasteiger partial charge in [-0.25, -0.2) is 19.4 Å². The summed E-state index contributed by atoms with van der Waals surface area (Å²) in [6, 6.07) is 11.0. The molecule has 1 atom stereocenters. The van der Waals surface area contributed by atoms with Crippen molar-refractivity contribution in [3.8, 4) is 17.1 Å². The van der Waals surface area contributed by atoms with Crippen molar-refractivity contribution in [2.24, 2.45) is 5.73 Å². The summed E-state index contributed by atoms with van der Waals surface area (Å²) in [4.78, 5) is 40.5. The van der Waals surface area contributed by atoms with E-state index in [1.54, 1.807) is 69.4 Å². The molecule has 0 saturated carbocycles. The Morgan fingerprint density at radius 1 is 1.05 bits per heavy atom. The number of rotatable bonds is 10. The van der Waals surface area contributed by atoms with Crippen molar-refractivity contribution in [1.29, 1.82) is 0 Å². The van der Waals surface area contributed by atoms with Crippen LogP contribution in [-0.2, 0) is 16.0 Å². The van der Waals surface area contributed by atoms with Crippen molar-refractivity contribution < 1.29 is 33.0 Å². The van der Waals surface area contributed by atoms with Crippen LogP contribution >= 0.6 is 0 Å². The number of nitrogens with two attached hydrogens (primary N) is 1. The molecular weight excluding hydrogens is 520 g/mol. The molecule has 0 fully saturated rings. The minimum atomic E-state index is -0.691. The lowest BCUT2D eigenvalue weighted by atomic mass is 10.1. The van der Waals surface area contributed by atoms with E-state index in [1.165, 1.54) is 13.5 Å². The number of benzene rings is 2. The lowest BCUT2D eigenvalue weighted by Gasteiger charge is -2.22. The molecule has 3 rings (SSSR count). The van der Waals surface area contributed by atoms with Gasteiger partial charge in [-0.1, -0.05) is 12.1 Å². The quantitative estimate of drug-likeness (QED) is 0.247. The van der Waals surface area contributed by atoms with E-state index in [4.69, 9.17) is 24.4 Å². The number of carbonyl (C=O) groups is 3. The minimum absolute atomic E-state index is 0.0562. The van der Waals surface area contributed by atoms with Gasteiger partial charge < -0.3 is 45.6 Å². The number of amides is 4. The van der Waals surface area contributed by atoms with E-state index in [-0.39, 0.29) is 19.7 Å². The first-order valence-electron chi connectivity index (χ1n) is 12.4. The Morgan fingerprint density at radius 2 is 1.80 bits per heavy atom. The molecule has 0 radical (unpaired) electrons. The van der Waals surface area contributed by atoms with Crippen LogP contribution in [-0.4, -0.2) is 55.1 Å². The van der Waals surface area contributed by atoms with Crippen LogP contribution in [0.2, 0.25) is 0 Å². The fraction of sp³-hybridized carbons (Fsp3) is 0.333. The summed E-state index contributed by atoms with van der Waals surface area (Å²) in [5.41, 5.74) is 7.42. The zero-order chi connectivity index (χ0) is 29.1. The molecule has 13 nitrogen and oxygen atoms in total. The van der Waals surface area contributed by atoms with Gasteiger partial charge in [-0.3, -0.25) is 0 Å². The minimum Gasteiger partial charge on any atom is -0.496 e. The first kappa shape index (κ1) is 29.8. The second-order valence-electron chi connectivity index (χ2n) is 9.59. The normalized spacial score (nSPS) is 11.6. The number of methoxy groups -OCH3 is 1. The maximum atomic E-state index is 12.6. The van der Waals surface area contributed by atoms with E-state index in [9.17, 15) is 14.4 Å². The Balaban J connectivity index is 1.47. The molecule has 13 heteroatoms. The van der Waals surface area contributed by atoms with Crippen LogP contribution in [0, 0.1) is 0 Å². The lowest BCUT2D eigenvalue weighted by molar-refractivity contribution is 0.0474. The van der Waals surface area contributed by atoms with E-state index in [0.717, 1.165) is 5.56 Å². The van der Waals surface area contributed by atoms with Gasteiger partial charge in [-0.2, -0.15) is 0 Å². The summed E-state index contributed by atoms with van der Waals surface area (Å²) in [6.07, 6.45) is 1.55. The second kappa shape index (κ2) is 13.8. The van der Waals surface area contributed by atoms with Crippen molar-refractivity contribution in [1.82, 2.24) is 15.6 Å². The highest BCUT2D eigenvalue weighted by molar-refractivity contribution is 6.00. The second-order valence-corrected chi connectivity index (χ2v) is 9.59. The van der Waals surface area contributed by atoms with Gasteiger partial charge in [0.1, 0.15) is 18.0 Å². The van der Waals surface area contributed by atoms with Crippen LogP contribution in [0.4, 0.5) is 25.8 Å². The van der Waals surface area contributed by atoms with Gasteiger partial charge in [0, 0.05) is 30.5 Å². The van der Waals surface area contributed by atoms with Gasteiger partial charge in [0.15, 0.2) is 12.2 Å². The van der Waals surface area contributed by atoms with Crippen molar-refractivity contribution in [2.45, 2.75) is 39.0 Å². The maximum Gasteiger partial charge on any atom is 0.408 e. The number of carbonyl (C=O) groups excluding carboxylic acids is 3. The molecular formula is C27H34N6O7. The molecule has 0 aliphatic heterocycles. The molecule has 0 spiro atoms. The van der Waals surface area contributed by atoms with E-state index < -0.39 is 29.9 Å². The molecule has 40 heavy (non-hydrogen) atoms. The standard InChI is InChI=1S/C27H34N6O7/c1-27(2,3)40-26(36)33-20(12-28)15-38-25(35)30-13-17-6-5-7-18(10-17)31-24(34)32-19-8-9-21(22(11-19)37-4)23-14-29-16-39-23/h5-11,14,16,20H,12-13,15,28H2,1-4H3,(H,30,35)(H,33,36)(H2,31,32,34)/t20-/m1/s1. The zero-order valence-electron chi connectivity index (χ0n) is 22.8. The van der Waals surface area contributed by atoms with Crippen LogP contribution < -0.4 is 31.7 Å². The Kier molecular flexibility index (Phi) is 10.3. The first-order valence-corrected chi connectivity index (χ1v) is 12.4. The number of urea groups is 1. The molecule has 3 aromatic rings. The fourth-order valence-corrected chi connectivity index (χ4v) is 3.42. The van der Waals surface area contributed by atoms with Crippen LogP contribution in [0.3, 0.4) is 0 Å². The monoisotopic (exact) mass is 554 g/mol. The average molecular weight is 555 g/mol. The highest BCUT2D eigenvalue weighted by atomic mass is 16.6. The number of aromatic nitrogens is 1. The first-order chi connectivity index (χ1) is 19.1. The number of nitrogens with zero attached hydrogens (tertiary/aromatic N) is 1. The number of alkyl carbamates (subject to hydrolysis) is 2. The number of hydrogen-bond acceptors (Lipinski definition) is 9. The molecule has 1 aromatic heterocycles. The number of oxazole rings is 1. The third-order valence-corrected chi connectivity index (χ3v) is 5.20. The highest BCUT2D eigenvalue weighted by Gasteiger charge is 2.20. The Morgan fingerprint density at radius 3 is 2.45 bits per heavy atom. The molecule has 0 saturated heterocycles. The number of anilines is 2. The molecule has 2 aromatic carbocycles. The molecule has 0 aliphatic rings. The average Bonchev–Trinajstić information content (AvgIpc) is 3.43. The summed E-state index contributed by atoms with van der Waals surface area (Å²) in [6.45, 7) is 5.28. The van der Waals surface area contributed by atoms with E-state index in [2.05, 4.69) is 26.3 Å². The highest BCUT2D eigenvalue weighted by Crippen LogP contribution is 2.32. The zero-order valence-corrected chi connectivity index (χ0v) is 22.8. The van der Waals surface area contributed by atoms with E-state index in [1.807, 2.05) is 0 Å². The summed E-state index contributed by atoms with van der Waals surface area (Å²) in [7, 11) is 1.52. The summed E-state index contributed by atoms with van der Waals surface area (Å²) < 4.78 is 21.1. The summed E-state index contributed by atoms with van der Waals surface area (Å²) in [5, 5.41) is 10.7. The number of hydrogen-bond donors (Lipinski definition) is 5. The maximum absolute atomic E-state index is 12.6. The Hall–Kier alpha value is -4.78. The molecule has 0 unspecified atom stereocenters.